The second kappa shape index (κ2) is 5.94. The summed E-state index contributed by atoms with van der Waals surface area (Å²) in [6.07, 6.45) is 2.92. The summed E-state index contributed by atoms with van der Waals surface area (Å²) in [4.78, 5) is 10.2. The first-order chi connectivity index (χ1) is 10.3. The van der Waals surface area contributed by atoms with Crippen molar-refractivity contribution < 1.29 is 0 Å². The van der Waals surface area contributed by atoms with Gasteiger partial charge in [0, 0.05) is 12.7 Å². The molecule has 0 bridgehead atoms. The summed E-state index contributed by atoms with van der Waals surface area (Å²) in [6, 6.07) is 7.86. The molecule has 0 spiro atoms. The Morgan fingerprint density at radius 1 is 1.38 bits per heavy atom. The van der Waals surface area contributed by atoms with Crippen molar-refractivity contribution >= 4 is 27.4 Å². The molecule has 0 aliphatic rings. The van der Waals surface area contributed by atoms with Crippen LogP contribution in [0.3, 0.4) is 0 Å². The molecule has 0 aliphatic heterocycles. The van der Waals surface area contributed by atoms with E-state index in [0.29, 0.717) is 12.2 Å². The SMILES string of the molecule is CCCNc1nc(Cn2cccc2C#N)nc2sccc12. The summed E-state index contributed by atoms with van der Waals surface area (Å²) in [6.45, 7) is 3.51. The van der Waals surface area contributed by atoms with Gasteiger partial charge in [0.05, 0.1) is 11.9 Å². The molecule has 6 heteroatoms. The Labute approximate surface area is 126 Å². The van der Waals surface area contributed by atoms with Crippen molar-refractivity contribution in [2.45, 2.75) is 19.9 Å². The lowest BCUT2D eigenvalue weighted by Gasteiger charge is -2.09. The van der Waals surface area contributed by atoms with Crippen LogP contribution in [0.2, 0.25) is 0 Å². The highest BCUT2D eigenvalue weighted by Crippen LogP contribution is 2.25. The van der Waals surface area contributed by atoms with Crippen molar-refractivity contribution in [2.75, 3.05) is 11.9 Å². The van der Waals surface area contributed by atoms with Crippen molar-refractivity contribution in [1.82, 2.24) is 14.5 Å². The fourth-order valence-electron chi connectivity index (χ4n) is 2.15. The van der Waals surface area contributed by atoms with Crippen LogP contribution in [0, 0.1) is 11.3 Å². The predicted molar refractivity (Wildman–Crippen MR) is 84.4 cm³/mol. The monoisotopic (exact) mass is 297 g/mol. The van der Waals surface area contributed by atoms with E-state index in [2.05, 4.69) is 28.3 Å². The van der Waals surface area contributed by atoms with Gasteiger partial charge >= 0.3 is 0 Å². The first-order valence-corrected chi connectivity index (χ1v) is 7.73. The van der Waals surface area contributed by atoms with Gasteiger partial charge in [-0.1, -0.05) is 6.92 Å². The standard InChI is InChI=1S/C15H15N5S/c1-2-6-17-14-12-5-8-21-15(12)19-13(18-14)10-20-7-3-4-11(20)9-16/h3-5,7-8H,2,6,10H2,1H3,(H,17,18,19). The van der Waals surface area contributed by atoms with E-state index >= 15 is 0 Å². The molecule has 3 aromatic heterocycles. The summed E-state index contributed by atoms with van der Waals surface area (Å²) >= 11 is 1.61. The van der Waals surface area contributed by atoms with E-state index in [4.69, 9.17) is 5.26 Å². The average molecular weight is 297 g/mol. The van der Waals surface area contributed by atoms with Crippen LogP contribution in [0.25, 0.3) is 10.2 Å². The van der Waals surface area contributed by atoms with Gasteiger partial charge in [-0.15, -0.1) is 11.3 Å². The van der Waals surface area contributed by atoms with E-state index in [9.17, 15) is 0 Å². The minimum atomic E-state index is 0.505. The summed E-state index contributed by atoms with van der Waals surface area (Å²) in [5, 5.41) is 15.5. The van der Waals surface area contributed by atoms with Crippen LogP contribution in [0.5, 0.6) is 0 Å². The van der Waals surface area contributed by atoms with Crippen molar-refractivity contribution in [1.29, 1.82) is 5.26 Å². The van der Waals surface area contributed by atoms with Crippen LogP contribution < -0.4 is 5.32 Å². The molecule has 1 N–H and O–H groups in total. The van der Waals surface area contributed by atoms with Crippen LogP contribution in [0.4, 0.5) is 5.82 Å². The molecular weight excluding hydrogens is 282 g/mol. The van der Waals surface area contributed by atoms with Crippen molar-refractivity contribution in [3.63, 3.8) is 0 Å². The zero-order valence-electron chi connectivity index (χ0n) is 11.7. The number of hydrogen-bond acceptors (Lipinski definition) is 5. The number of nitrogens with one attached hydrogen (secondary N) is 1. The van der Waals surface area contributed by atoms with Gasteiger partial charge < -0.3 is 9.88 Å². The molecule has 5 nitrogen and oxygen atoms in total. The van der Waals surface area contributed by atoms with Gasteiger partial charge in [0.2, 0.25) is 0 Å². The third-order valence-electron chi connectivity index (χ3n) is 3.17. The Balaban J connectivity index is 1.97. The summed E-state index contributed by atoms with van der Waals surface area (Å²) < 4.78 is 1.86. The fraction of sp³-hybridized carbons (Fsp3) is 0.267. The third kappa shape index (κ3) is 2.73. The fourth-order valence-corrected chi connectivity index (χ4v) is 2.94. The second-order valence-electron chi connectivity index (χ2n) is 4.69. The molecule has 21 heavy (non-hydrogen) atoms. The molecule has 0 atom stereocenters. The van der Waals surface area contributed by atoms with Gasteiger partial charge in [0.25, 0.3) is 0 Å². The lowest BCUT2D eigenvalue weighted by molar-refractivity contribution is 0.746. The van der Waals surface area contributed by atoms with Gasteiger partial charge in [0.15, 0.2) is 5.82 Å². The minimum Gasteiger partial charge on any atom is -0.369 e. The number of rotatable bonds is 5. The van der Waals surface area contributed by atoms with Crippen molar-refractivity contribution in [3.8, 4) is 6.07 Å². The zero-order chi connectivity index (χ0) is 14.7. The molecule has 106 valence electrons. The molecular formula is C15H15N5S. The van der Waals surface area contributed by atoms with Crippen LogP contribution in [-0.2, 0) is 6.54 Å². The lowest BCUT2D eigenvalue weighted by Crippen LogP contribution is -2.09. The van der Waals surface area contributed by atoms with Crippen LogP contribution in [-0.4, -0.2) is 21.1 Å². The Kier molecular flexibility index (Phi) is 3.84. The number of hydrogen-bond donors (Lipinski definition) is 1. The molecule has 3 rings (SSSR count). The normalized spacial score (nSPS) is 10.7. The quantitative estimate of drug-likeness (QED) is 0.785. The van der Waals surface area contributed by atoms with Gasteiger partial charge in [-0.25, -0.2) is 9.97 Å². The predicted octanol–water partition coefficient (Wildman–Crippen LogP) is 3.23. The molecule has 0 aliphatic carbocycles. The Morgan fingerprint density at radius 3 is 3.10 bits per heavy atom. The molecule has 0 amide bonds. The Morgan fingerprint density at radius 2 is 2.29 bits per heavy atom. The summed E-state index contributed by atoms with van der Waals surface area (Å²) in [7, 11) is 0. The van der Waals surface area contributed by atoms with Crippen LogP contribution >= 0.6 is 11.3 Å². The largest absolute Gasteiger partial charge is 0.369 e. The zero-order valence-corrected chi connectivity index (χ0v) is 12.5. The smallest absolute Gasteiger partial charge is 0.152 e. The topological polar surface area (TPSA) is 66.5 Å². The maximum Gasteiger partial charge on any atom is 0.152 e. The number of anilines is 1. The number of nitrogens with zero attached hydrogens (tertiary/aromatic N) is 4. The number of aromatic nitrogens is 3. The maximum atomic E-state index is 9.07. The van der Waals surface area contributed by atoms with Gasteiger partial charge in [-0.2, -0.15) is 5.26 Å². The highest BCUT2D eigenvalue weighted by Gasteiger charge is 2.10. The molecule has 3 heterocycles. The summed E-state index contributed by atoms with van der Waals surface area (Å²) in [5.74, 6) is 1.60. The van der Waals surface area contributed by atoms with E-state index in [-0.39, 0.29) is 0 Å². The average Bonchev–Trinajstić information content (AvgIpc) is 3.13. The minimum absolute atomic E-state index is 0.505. The van der Waals surface area contributed by atoms with Crippen molar-refractivity contribution in [3.05, 3.63) is 41.3 Å². The first kappa shape index (κ1) is 13.6. The molecule has 0 fully saturated rings. The first-order valence-electron chi connectivity index (χ1n) is 6.85. The van der Waals surface area contributed by atoms with E-state index in [0.717, 1.165) is 34.8 Å². The van der Waals surface area contributed by atoms with Crippen LogP contribution in [0.15, 0.2) is 29.8 Å². The highest BCUT2D eigenvalue weighted by molar-refractivity contribution is 7.16. The molecule has 0 unspecified atom stereocenters. The van der Waals surface area contributed by atoms with Crippen molar-refractivity contribution in [2.24, 2.45) is 0 Å². The molecule has 0 saturated carbocycles. The highest BCUT2D eigenvalue weighted by atomic mass is 32.1. The van der Waals surface area contributed by atoms with E-state index in [1.807, 2.05) is 28.3 Å². The van der Waals surface area contributed by atoms with Crippen LogP contribution in [0.1, 0.15) is 24.9 Å². The van der Waals surface area contributed by atoms with Gasteiger partial charge in [0.1, 0.15) is 22.4 Å². The van der Waals surface area contributed by atoms with Gasteiger partial charge in [-0.3, -0.25) is 0 Å². The molecule has 0 aromatic carbocycles. The number of fused-ring (bicyclic) bond motifs is 1. The molecule has 0 saturated heterocycles. The lowest BCUT2D eigenvalue weighted by atomic mass is 10.3. The Bertz CT molecular complexity index is 796. The number of thiophene rings is 1. The van der Waals surface area contributed by atoms with E-state index in [1.165, 1.54) is 0 Å². The second-order valence-corrected chi connectivity index (χ2v) is 5.58. The molecule has 3 aromatic rings. The molecule has 0 radical (unpaired) electrons. The van der Waals surface area contributed by atoms with E-state index in [1.54, 1.807) is 17.4 Å². The maximum absolute atomic E-state index is 9.07. The third-order valence-corrected chi connectivity index (χ3v) is 3.98. The summed E-state index contributed by atoms with van der Waals surface area (Å²) in [5.41, 5.74) is 0.618. The number of nitriles is 1. The van der Waals surface area contributed by atoms with E-state index < -0.39 is 0 Å². The van der Waals surface area contributed by atoms with Gasteiger partial charge in [-0.05, 0) is 30.0 Å². The Hall–Kier alpha value is -2.39.